The van der Waals surface area contributed by atoms with Crippen LogP contribution in [0.25, 0.3) is 0 Å². The van der Waals surface area contributed by atoms with Gasteiger partial charge in [-0.2, -0.15) is 0 Å². The molecule has 0 bridgehead atoms. The van der Waals surface area contributed by atoms with Crippen LogP contribution in [0.2, 0.25) is 0 Å². The minimum Gasteiger partial charge on any atom is -0.345 e. The molecule has 1 aliphatic carbocycles. The van der Waals surface area contributed by atoms with Gasteiger partial charge < -0.3 is 10.6 Å². The first-order valence-electron chi connectivity index (χ1n) is 6.44. The van der Waals surface area contributed by atoms with Crippen LogP contribution in [0, 0.1) is 0 Å². The maximum Gasteiger partial charge on any atom is 0.309 e. The van der Waals surface area contributed by atoms with Gasteiger partial charge in [0.15, 0.2) is 0 Å². The van der Waals surface area contributed by atoms with Gasteiger partial charge in [0.2, 0.25) is 0 Å². The minimum atomic E-state index is -0.538. The number of hydrogen-bond acceptors (Lipinski definition) is 2. The van der Waals surface area contributed by atoms with E-state index in [2.05, 4.69) is 28.8 Å². The van der Waals surface area contributed by atoms with Crippen LogP contribution in [0.5, 0.6) is 0 Å². The molecule has 0 spiro atoms. The van der Waals surface area contributed by atoms with Gasteiger partial charge in [-0.25, -0.2) is 0 Å². The Morgan fingerprint density at radius 3 is 2.56 bits per heavy atom. The Bertz CT molecular complexity index is 511. The largest absolute Gasteiger partial charge is 0.345 e. The van der Waals surface area contributed by atoms with Gasteiger partial charge in [-0.1, -0.05) is 18.2 Å². The van der Waals surface area contributed by atoms with Gasteiger partial charge in [0.1, 0.15) is 0 Å². The second-order valence-electron chi connectivity index (χ2n) is 4.97. The van der Waals surface area contributed by atoms with Crippen LogP contribution in [0.1, 0.15) is 35.6 Å². The smallest absolute Gasteiger partial charge is 0.309 e. The van der Waals surface area contributed by atoms with Crippen LogP contribution in [0.4, 0.5) is 0 Å². The molecule has 4 heteroatoms. The zero-order valence-corrected chi connectivity index (χ0v) is 10.2. The highest BCUT2D eigenvalue weighted by Crippen LogP contribution is 2.25. The molecule has 1 aliphatic heterocycles. The Kier molecular flexibility index (Phi) is 2.78. The molecule has 4 nitrogen and oxygen atoms in total. The van der Waals surface area contributed by atoms with Crippen LogP contribution >= 0.6 is 0 Å². The van der Waals surface area contributed by atoms with Crippen molar-refractivity contribution >= 4 is 11.8 Å². The first-order chi connectivity index (χ1) is 8.74. The number of carbonyl (C=O) groups excluding carboxylic acids is 2. The number of carbonyl (C=O) groups is 2. The molecule has 1 fully saturated rings. The highest BCUT2D eigenvalue weighted by Gasteiger charge is 2.26. The fourth-order valence-corrected chi connectivity index (χ4v) is 2.72. The molecule has 0 radical (unpaired) electrons. The average molecular weight is 244 g/mol. The van der Waals surface area contributed by atoms with Crippen LogP contribution in [0.15, 0.2) is 18.2 Å². The molecule has 1 heterocycles. The van der Waals surface area contributed by atoms with Crippen molar-refractivity contribution in [1.82, 2.24) is 10.6 Å². The van der Waals surface area contributed by atoms with Crippen molar-refractivity contribution in [1.29, 1.82) is 0 Å². The summed E-state index contributed by atoms with van der Waals surface area (Å²) >= 11 is 0. The number of hydrogen-bond donors (Lipinski definition) is 2. The van der Waals surface area contributed by atoms with Crippen molar-refractivity contribution in [3.63, 3.8) is 0 Å². The van der Waals surface area contributed by atoms with E-state index in [4.69, 9.17) is 0 Å². The van der Waals surface area contributed by atoms with Crippen LogP contribution in [0.3, 0.4) is 0 Å². The van der Waals surface area contributed by atoms with Crippen molar-refractivity contribution in [3.05, 3.63) is 34.9 Å². The predicted octanol–water partition coefficient (Wildman–Crippen LogP) is 0.852. The summed E-state index contributed by atoms with van der Waals surface area (Å²) in [6, 6.07) is 6.30. The summed E-state index contributed by atoms with van der Waals surface area (Å²) in [5, 5.41) is 5.35. The third-order valence-electron chi connectivity index (χ3n) is 3.75. The summed E-state index contributed by atoms with van der Waals surface area (Å²) in [4.78, 5) is 22.4. The molecular weight excluding hydrogens is 228 g/mol. The Labute approximate surface area is 106 Å². The predicted molar refractivity (Wildman–Crippen MR) is 67.0 cm³/mol. The maximum absolute atomic E-state index is 11.3. The SMILES string of the molecule is O=C1NCC(c2ccc3c(c2)CCCC3)NC1=O. The molecule has 94 valence electrons. The van der Waals surface area contributed by atoms with E-state index in [1.54, 1.807) is 0 Å². The van der Waals surface area contributed by atoms with Crippen molar-refractivity contribution in [2.24, 2.45) is 0 Å². The summed E-state index contributed by atoms with van der Waals surface area (Å²) in [6.07, 6.45) is 4.78. The van der Waals surface area contributed by atoms with Crippen LogP contribution in [-0.4, -0.2) is 18.4 Å². The molecule has 1 unspecified atom stereocenters. The highest BCUT2D eigenvalue weighted by molar-refractivity contribution is 6.35. The Hall–Kier alpha value is -1.84. The van der Waals surface area contributed by atoms with Gasteiger partial charge in [-0.3, -0.25) is 9.59 Å². The molecule has 1 saturated heterocycles. The molecule has 2 amide bonds. The number of fused-ring (bicyclic) bond motifs is 1. The molecule has 1 atom stereocenters. The van der Waals surface area contributed by atoms with E-state index < -0.39 is 11.8 Å². The molecule has 1 aromatic rings. The van der Waals surface area contributed by atoms with E-state index in [0.717, 1.165) is 18.4 Å². The van der Waals surface area contributed by atoms with Gasteiger partial charge in [-0.15, -0.1) is 0 Å². The minimum absolute atomic E-state index is 0.0950. The number of amides is 2. The second kappa shape index (κ2) is 4.44. The molecule has 2 N–H and O–H groups in total. The lowest BCUT2D eigenvalue weighted by molar-refractivity contribution is -0.141. The Balaban J connectivity index is 1.84. The second-order valence-corrected chi connectivity index (χ2v) is 4.97. The molecule has 3 rings (SSSR count). The summed E-state index contributed by atoms with van der Waals surface area (Å²) < 4.78 is 0. The topological polar surface area (TPSA) is 58.2 Å². The first-order valence-corrected chi connectivity index (χ1v) is 6.44. The van der Waals surface area contributed by atoms with Crippen molar-refractivity contribution in [2.75, 3.05) is 6.54 Å². The van der Waals surface area contributed by atoms with Crippen molar-refractivity contribution in [3.8, 4) is 0 Å². The molecule has 1 aromatic carbocycles. The maximum atomic E-state index is 11.3. The lowest BCUT2D eigenvalue weighted by Gasteiger charge is -2.25. The van der Waals surface area contributed by atoms with E-state index in [9.17, 15) is 9.59 Å². The number of benzene rings is 1. The van der Waals surface area contributed by atoms with Gasteiger partial charge in [-0.05, 0) is 42.4 Å². The Morgan fingerprint density at radius 1 is 1.00 bits per heavy atom. The standard InChI is InChI=1S/C14H16N2O2/c17-13-14(18)16-12(8-15-13)11-6-5-9-3-1-2-4-10(9)7-11/h5-7,12H,1-4,8H2,(H,15,17)(H,16,18). The Morgan fingerprint density at radius 2 is 1.78 bits per heavy atom. The van der Waals surface area contributed by atoms with Gasteiger partial charge >= 0.3 is 11.8 Å². The van der Waals surface area contributed by atoms with Gasteiger partial charge in [0.05, 0.1) is 6.04 Å². The third kappa shape index (κ3) is 1.98. The zero-order valence-electron chi connectivity index (χ0n) is 10.2. The molecular formula is C14H16N2O2. The molecule has 18 heavy (non-hydrogen) atoms. The van der Waals surface area contributed by atoms with E-state index in [-0.39, 0.29) is 6.04 Å². The van der Waals surface area contributed by atoms with E-state index in [1.807, 2.05) is 0 Å². The molecule has 0 aromatic heterocycles. The van der Waals surface area contributed by atoms with E-state index in [1.165, 1.54) is 24.0 Å². The lowest BCUT2D eigenvalue weighted by Crippen LogP contribution is -2.51. The zero-order chi connectivity index (χ0) is 12.5. The van der Waals surface area contributed by atoms with Crippen LogP contribution in [-0.2, 0) is 22.4 Å². The monoisotopic (exact) mass is 244 g/mol. The number of aryl methyl sites for hydroxylation is 2. The van der Waals surface area contributed by atoms with Gasteiger partial charge in [0, 0.05) is 6.54 Å². The molecule has 0 saturated carbocycles. The quantitative estimate of drug-likeness (QED) is 0.720. The number of rotatable bonds is 1. The van der Waals surface area contributed by atoms with Gasteiger partial charge in [0.25, 0.3) is 0 Å². The van der Waals surface area contributed by atoms with E-state index in [0.29, 0.717) is 6.54 Å². The fourth-order valence-electron chi connectivity index (χ4n) is 2.72. The number of piperazine rings is 1. The molecule has 2 aliphatic rings. The van der Waals surface area contributed by atoms with E-state index >= 15 is 0 Å². The highest BCUT2D eigenvalue weighted by atomic mass is 16.2. The van der Waals surface area contributed by atoms with Crippen molar-refractivity contribution in [2.45, 2.75) is 31.7 Å². The number of nitrogens with one attached hydrogen (secondary N) is 2. The summed E-state index contributed by atoms with van der Waals surface area (Å²) in [7, 11) is 0. The van der Waals surface area contributed by atoms with Crippen LogP contribution < -0.4 is 10.6 Å². The summed E-state index contributed by atoms with van der Waals surface area (Å²) in [5.41, 5.74) is 3.91. The average Bonchev–Trinajstić information content (AvgIpc) is 2.41. The first kappa shape index (κ1) is 11.3. The third-order valence-corrected chi connectivity index (χ3v) is 3.75. The summed E-state index contributed by atoms with van der Waals surface area (Å²) in [5.74, 6) is -1.08. The fraction of sp³-hybridized carbons (Fsp3) is 0.429. The normalized spacial score (nSPS) is 23.0. The van der Waals surface area contributed by atoms with Crippen molar-refractivity contribution < 1.29 is 9.59 Å². The lowest BCUT2D eigenvalue weighted by atomic mass is 9.89. The summed E-state index contributed by atoms with van der Waals surface area (Å²) in [6.45, 7) is 0.476.